The maximum absolute atomic E-state index is 14.3. The Hall–Kier alpha value is -0.376. The largest absolute Gasteiger partial charge is 0.300 e. The molecule has 28 heavy (non-hydrogen) atoms. The summed E-state index contributed by atoms with van der Waals surface area (Å²) in [6.45, 7) is 2.04. The first kappa shape index (κ1) is 23.9. The van der Waals surface area contributed by atoms with Gasteiger partial charge >= 0.3 is 0 Å². The van der Waals surface area contributed by atoms with Crippen LogP contribution in [0.5, 0.6) is 0 Å². The number of benzene rings is 1. The molecule has 1 heterocycles. The number of hydrogen-bond acceptors (Lipinski definition) is 1. The second kappa shape index (κ2) is 11.7. The fourth-order valence-corrected chi connectivity index (χ4v) is 4.66. The molecule has 0 N–H and O–H groups in total. The standard InChI is InChI=1S/C24H29F2S.Y/c1-2-3-4-17-24(25,26)21-15-13-20(14-16-21)23-12-6-9-19(23)8-5-10-22-11-7-18-27-22;/h7,11-16,19H,2-6,8-10,17H2,1H3;/q-1;/t19-;/m0./s1. The number of thiophene rings is 1. The van der Waals surface area contributed by atoms with E-state index in [2.05, 4.69) is 17.5 Å². The van der Waals surface area contributed by atoms with Gasteiger partial charge < -0.3 is 11.3 Å². The normalized spacial score (nSPS) is 16.7. The topological polar surface area (TPSA) is 0 Å². The van der Waals surface area contributed by atoms with E-state index in [9.17, 15) is 8.78 Å². The number of rotatable bonds is 10. The van der Waals surface area contributed by atoms with Crippen molar-refractivity contribution in [3.05, 3.63) is 63.9 Å². The number of unbranched alkanes of at least 4 members (excludes halogenated alkanes) is 2. The summed E-state index contributed by atoms with van der Waals surface area (Å²) in [6.07, 6.45) is 10.4. The van der Waals surface area contributed by atoms with Gasteiger partial charge in [0, 0.05) is 44.7 Å². The summed E-state index contributed by atoms with van der Waals surface area (Å²) in [6, 6.07) is 11.2. The van der Waals surface area contributed by atoms with Crippen molar-refractivity contribution >= 4 is 16.9 Å². The van der Waals surface area contributed by atoms with Crippen molar-refractivity contribution in [1.29, 1.82) is 0 Å². The average Bonchev–Trinajstić information content (AvgIpc) is 3.34. The van der Waals surface area contributed by atoms with Crippen molar-refractivity contribution in [3.63, 3.8) is 0 Å². The molecule has 1 aliphatic carbocycles. The van der Waals surface area contributed by atoms with Crippen molar-refractivity contribution < 1.29 is 41.5 Å². The third-order valence-electron chi connectivity index (χ3n) is 5.56. The summed E-state index contributed by atoms with van der Waals surface area (Å²) >= 11 is 1.70. The predicted octanol–water partition coefficient (Wildman–Crippen LogP) is 8.03. The molecular weight excluding hydrogens is 447 g/mol. The molecule has 1 aromatic heterocycles. The summed E-state index contributed by atoms with van der Waals surface area (Å²) in [7, 11) is 0. The SMILES string of the molecule is CCCCCC(F)(F)c1ccc(C2=CCC[C@@H]2CCCc2cc[c-]s2)cc1.[Y]. The van der Waals surface area contributed by atoms with E-state index >= 15 is 0 Å². The molecule has 1 aromatic carbocycles. The molecule has 4 heteroatoms. The average molecular weight is 476 g/mol. The third kappa shape index (κ3) is 6.57. The molecule has 0 nitrogen and oxygen atoms in total. The molecule has 0 unspecified atom stereocenters. The molecule has 0 bridgehead atoms. The fraction of sp³-hybridized carbons (Fsp3) is 0.500. The molecule has 2 aromatic rings. The number of allylic oxidation sites excluding steroid dienone is 2. The van der Waals surface area contributed by atoms with Crippen molar-refractivity contribution in [2.45, 2.75) is 70.6 Å². The summed E-state index contributed by atoms with van der Waals surface area (Å²) in [5, 5.41) is 3.15. The molecule has 1 aliphatic rings. The van der Waals surface area contributed by atoms with Crippen LogP contribution in [-0.2, 0) is 45.1 Å². The van der Waals surface area contributed by atoms with Gasteiger partial charge in [-0.15, -0.1) is 10.3 Å². The molecule has 1 radical (unpaired) electrons. The number of halogens is 2. The Morgan fingerprint density at radius 1 is 1.11 bits per heavy atom. The molecule has 0 amide bonds. The molecule has 0 aliphatic heterocycles. The molecule has 1 atom stereocenters. The quantitative estimate of drug-likeness (QED) is 0.241. The first-order valence-corrected chi connectivity index (χ1v) is 11.1. The first-order chi connectivity index (χ1) is 13.1. The van der Waals surface area contributed by atoms with E-state index in [0.717, 1.165) is 31.2 Å². The van der Waals surface area contributed by atoms with Crippen LogP contribution in [0.4, 0.5) is 8.78 Å². The Balaban J connectivity index is 0.00000280. The number of hydrogen-bond donors (Lipinski definition) is 0. The van der Waals surface area contributed by atoms with Gasteiger partial charge in [-0.2, -0.15) is 6.07 Å². The number of aryl methyl sites for hydroxylation is 1. The zero-order valence-electron chi connectivity index (χ0n) is 16.7. The van der Waals surface area contributed by atoms with Crippen molar-refractivity contribution in [3.8, 4) is 0 Å². The van der Waals surface area contributed by atoms with Gasteiger partial charge in [-0.3, -0.25) is 0 Å². The Kier molecular flexibility index (Phi) is 10.0. The van der Waals surface area contributed by atoms with Crippen LogP contribution in [0.3, 0.4) is 0 Å². The van der Waals surface area contributed by atoms with Gasteiger partial charge in [-0.05, 0) is 42.7 Å². The number of alkyl halides is 2. The molecule has 3 rings (SSSR count). The summed E-state index contributed by atoms with van der Waals surface area (Å²) in [5.41, 5.74) is 2.63. The van der Waals surface area contributed by atoms with Crippen molar-refractivity contribution in [2.24, 2.45) is 5.92 Å². The van der Waals surface area contributed by atoms with E-state index < -0.39 is 5.92 Å². The minimum Gasteiger partial charge on any atom is -0.300 e. The van der Waals surface area contributed by atoms with Crippen LogP contribution in [0, 0.1) is 11.3 Å². The van der Waals surface area contributed by atoms with Gasteiger partial charge in [0.25, 0.3) is 5.92 Å². The van der Waals surface area contributed by atoms with Crippen LogP contribution in [0.2, 0.25) is 0 Å². The molecule has 0 spiro atoms. The van der Waals surface area contributed by atoms with Crippen LogP contribution in [0.15, 0.2) is 42.5 Å². The third-order valence-corrected chi connectivity index (χ3v) is 6.41. The van der Waals surface area contributed by atoms with Gasteiger partial charge in [0.05, 0.1) is 0 Å². The van der Waals surface area contributed by atoms with E-state index in [4.69, 9.17) is 0 Å². The van der Waals surface area contributed by atoms with E-state index in [0.29, 0.717) is 12.3 Å². The predicted molar refractivity (Wildman–Crippen MR) is 111 cm³/mol. The van der Waals surface area contributed by atoms with E-state index in [1.807, 2.05) is 25.1 Å². The Morgan fingerprint density at radius 3 is 2.57 bits per heavy atom. The van der Waals surface area contributed by atoms with Gasteiger partial charge in [0.15, 0.2) is 0 Å². The van der Waals surface area contributed by atoms with Crippen LogP contribution in [0.1, 0.15) is 74.3 Å². The Bertz CT molecular complexity index is 720. The minimum absolute atomic E-state index is 0. The van der Waals surface area contributed by atoms with E-state index in [-0.39, 0.29) is 44.7 Å². The van der Waals surface area contributed by atoms with Crippen LogP contribution >= 0.6 is 11.3 Å². The molecular formula is C24H29F2SY-. The zero-order valence-corrected chi connectivity index (χ0v) is 20.4. The van der Waals surface area contributed by atoms with Crippen molar-refractivity contribution in [1.82, 2.24) is 0 Å². The summed E-state index contributed by atoms with van der Waals surface area (Å²) in [5.74, 6) is -2.15. The second-order valence-electron chi connectivity index (χ2n) is 7.58. The molecule has 0 fully saturated rings. The molecule has 149 valence electrons. The zero-order chi connectivity index (χ0) is 19.1. The van der Waals surface area contributed by atoms with E-state index in [1.54, 1.807) is 23.5 Å². The maximum atomic E-state index is 14.3. The summed E-state index contributed by atoms with van der Waals surface area (Å²) in [4.78, 5) is 1.40. The monoisotopic (exact) mass is 476 g/mol. The fourth-order valence-electron chi connectivity index (χ4n) is 3.99. The van der Waals surface area contributed by atoms with Crippen LogP contribution < -0.4 is 0 Å². The van der Waals surface area contributed by atoms with Gasteiger partial charge in [0.1, 0.15) is 0 Å². The molecule has 0 saturated heterocycles. The Labute approximate surface area is 197 Å². The van der Waals surface area contributed by atoms with Gasteiger partial charge in [-0.1, -0.05) is 62.9 Å². The van der Waals surface area contributed by atoms with Gasteiger partial charge in [0.2, 0.25) is 0 Å². The van der Waals surface area contributed by atoms with Crippen LogP contribution in [-0.4, -0.2) is 0 Å². The smallest absolute Gasteiger partial charge is 0.273 e. The summed E-state index contributed by atoms with van der Waals surface area (Å²) < 4.78 is 28.7. The first-order valence-electron chi connectivity index (χ1n) is 10.2. The van der Waals surface area contributed by atoms with E-state index in [1.165, 1.54) is 29.7 Å². The maximum Gasteiger partial charge on any atom is 0.273 e. The van der Waals surface area contributed by atoms with Gasteiger partial charge in [-0.25, -0.2) is 14.8 Å². The van der Waals surface area contributed by atoms with Crippen LogP contribution in [0.25, 0.3) is 5.57 Å². The Morgan fingerprint density at radius 2 is 1.89 bits per heavy atom. The second-order valence-corrected chi connectivity index (χ2v) is 8.55. The van der Waals surface area contributed by atoms with Crippen molar-refractivity contribution in [2.75, 3.05) is 0 Å². The molecule has 0 saturated carbocycles. The minimum atomic E-state index is -2.71.